The highest BCUT2D eigenvalue weighted by Crippen LogP contribution is 2.19. The lowest BCUT2D eigenvalue weighted by atomic mass is 10.1. The molecule has 0 aliphatic heterocycles. The molecular weight excluding hydrogens is 258 g/mol. The first kappa shape index (κ1) is 13.6. The second-order valence-electron chi connectivity index (χ2n) is 4.04. The van der Waals surface area contributed by atoms with Crippen LogP contribution in [0.3, 0.4) is 0 Å². The summed E-state index contributed by atoms with van der Waals surface area (Å²) in [6.45, 7) is 0. The van der Waals surface area contributed by atoms with E-state index in [1.54, 1.807) is 24.3 Å². The van der Waals surface area contributed by atoms with Crippen LogP contribution >= 0.6 is 0 Å². The van der Waals surface area contributed by atoms with Crippen molar-refractivity contribution in [3.8, 4) is 5.75 Å². The summed E-state index contributed by atoms with van der Waals surface area (Å²) < 4.78 is 5.02. The van der Waals surface area contributed by atoms with Crippen molar-refractivity contribution in [1.82, 2.24) is 0 Å². The highest BCUT2D eigenvalue weighted by atomic mass is 16.5. The molecule has 0 spiro atoms. The summed E-state index contributed by atoms with van der Waals surface area (Å²) in [6, 6.07) is 13.1. The number of aromatic carboxylic acids is 1. The van der Waals surface area contributed by atoms with Gasteiger partial charge in [-0.25, -0.2) is 4.79 Å². The van der Waals surface area contributed by atoms with Gasteiger partial charge in [0.05, 0.1) is 18.2 Å². The molecule has 20 heavy (non-hydrogen) atoms. The number of hydrogen-bond donors (Lipinski definition) is 2. The lowest BCUT2D eigenvalue weighted by Gasteiger charge is -2.09. The highest BCUT2D eigenvalue weighted by Gasteiger charge is 2.17. The van der Waals surface area contributed by atoms with Crippen LogP contribution in [-0.2, 0) is 0 Å². The van der Waals surface area contributed by atoms with Crippen molar-refractivity contribution in [2.75, 3.05) is 12.4 Å². The molecule has 2 aromatic rings. The SMILES string of the molecule is COc1ccc(C(=O)O)c(C(=O)Nc2ccccc2)c1. The number of benzene rings is 2. The number of rotatable bonds is 4. The normalized spacial score (nSPS) is 9.85. The molecule has 2 N–H and O–H groups in total. The Morgan fingerprint density at radius 2 is 1.75 bits per heavy atom. The minimum Gasteiger partial charge on any atom is -0.497 e. The van der Waals surface area contributed by atoms with E-state index in [0.29, 0.717) is 11.4 Å². The van der Waals surface area contributed by atoms with Crippen LogP contribution in [0.1, 0.15) is 20.7 Å². The van der Waals surface area contributed by atoms with E-state index in [1.807, 2.05) is 6.07 Å². The third-order valence-electron chi connectivity index (χ3n) is 2.73. The van der Waals surface area contributed by atoms with Crippen molar-refractivity contribution in [2.45, 2.75) is 0 Å². The Bertz CT molecular complexity index is 638. The number of carboxylic acids is 1. The zero-order chi connectivity index (χ0) is 14.5. The topological polar surface area (TPSA) is 75.6 Å². The molecule has 1 amide bonds. The molecule has 0 aliphatic rings. The number of ether oxygens (including phenoxy) is 1. The van der Waals surface area contributed by atoms with Crippen molar-refractivity contribution in [3.05, 3.63) is 59.7 Å². The van der Waals surface area contributed by atoms with Crippen molar-refractivity contribution >= 4 is 17.6 Å². The lowest BCUT2D eigenvalue weighted by molar-refractivity contribution is 0.0692. The van der Waals surface area contributed by atoms with Gasteiger partial charge < -0.3 is 15.2 Å². The smallest absolute Gasteiger partial charge is 0.336 e. The first-order valence-corrected chi connectivity index (χ1v) is 5.89. The third kappa shape index (κ3) is 2.95. The molecule has 0 aliphatic carbocycles. The van der Waals surface area contributed by atoms with Crippen molar-refractivity contribution in [3.63, 3.8) is 0 Å². The van der Waals surface area contributed by atoms with Crippen molar-refractivity contribution < 1.29 is 19.4 Å². The highest BCUT2D eigenvalue weighted by molar-refractivity contribution is 6.10. The van der Waals surface area contributed by atoms with Gasteiger partial charge in [0, 0.05) is 5.69 Å². The number of carbonyl (C=O) groups excluding carboxylic acids is 1. The van der Waals surface area contributed by atoms with Gasteiger partial charge >= 0.3 is 5.97 Å². The first-order chi connectivity index (χ1) is 9.61. The van der Waals surface area contributed by atoms with E-state index in [9.17, 15) is 9.59 Å². The maximum absolute atomic E-state index is 12.2. The van der Waals surface area contributed by atoms with Crippen LogP contribution < -0.4 is 10.1 Å². The van der Waals surface area contributed by atoms with Crippen LogP contribution in [0.25, 0.3) is 0 Å². The fourth-order valence-corrected chi connectivity index (χ4v) is 1.74. The Morgan fingerprint density at radius 1 is 1.05 bits per heavy atom. The fraction of sp³-hybridized carbons (Fsp3) is 0.0667. The Morgan fingerprint density at radius 3 is 2.35 bits per heavy atom. The molecule has 0 saturated carbocycles. The van der Waals surface area contributed by atoms with Gasteiger partial charge in [0.2, 0.25) is 0 Å². The van der Waals surface area contributed by atoms with Gasteiger partial charge in [-0.05, 0) is 30.3 Å². The molecule has 0 atom stereocenters. The van der Waals surface area contributed by atoms with E-state index < -0.39 is 11.9 Å². The molecule has 0 unspecified atom stereocenters. The second-order valence-corrected chi connectivity index (χ2v) is 4.04. The van der Waals surface area contributed by atoms with Crippen molar-refractivity contribution in [2.24, 2.45) is 0 Å². The zero-order valence-corrected chi connectivity index (χ0v) is 10.8. The predicted octanol–water partition coefficient (Wildman–Crippen LogP) is 2.65. The Kier molecular flexibility index (Phi) is 4.00. The maximum atomic E-state index is 12.2. The minimum absolute atomic E-state index is 0.0562. The maximum Gasteiger partial charge on any atom is 0.336 e. The molecule has 0 saturated heterocycles. The standard InChI is InChI=1S/C15H13NO4/c1-20-11-7-8-12(15(18)19)13(9-11)14(17)16-10-5-3-2-4-6-10/h2-9H,1H3,(H,16,17)(H,18,19). The number of carbonyl (C=O) groups is 2. The van der Waals surface area contributed by atoms with Crippen LogP contribution in [-0.4, -0.2) is 24.1 Å². The van der Waals surface area contributed by atoms with Crippen LogP contribution in [0.4, 0.5) is 5.69 Å². The number of hydrogen-bond acceptors (Lipinski definition) is 3. The summed E-state index contributed by atoms with van der Waals surface area (Å²) in [6.07, 6.45) is 0. The van der Waals surface area contributed by atoms with Crippen LogP contribution in [0, 0.1) is 0 Å². The molecule has 0 heterocycles. The molecule has 0 bridgehead atoms. The Labute approximate surface area is 115 Å². The molecule has 0 radical (unpaired) electrons. The summed E-state index contributed by atoms with van der Waals surface area (Å²) in [7, 11) is 1.45. The average molecular weight is 271 g/mol. The van der Waals surface area contributed by atoms with Crippen LogP contribution in [0.5, 0.6) is 5.75 Å². The van der Waals surface area contributed by atoms with Crippen LogP contribution in [0.2, 0.25) is 0 Å². The van der Waals surface area contributed by atoms with Crippen LogP contribution in [0.15, 0.2) is 48.5 Å². The predicted molar refractivity (Wildman–Crippen MR) is 74.3 cm³/mol. The second kappa shape index (κ2) is 5.88. The molecule has 102 valence electrons. The van der Waals surface area contributed by atoms with Gasteiger partial charge in [-0.1, -0.05) is 18.2 Å². The molecule has 0 fully saturated rings. The summed E-state index contributed by atoms with van der Waals surface area (Å²) in [5, 5.41) is 11.8. The molecule has 0 aromatic heterocycles. The number of methoxy groups -OCH3 is 1. The minimum atomic E-state index is -1.16. The quantitative estimate of drug-likeness (QED) is 0.896. The Hall–Kier alpha value is -2.82. The number of para-hydroxylation sites is 1. The number of nitrogens with one attached hydrogen (secondary N) is 1. The third-order valence-corrected chi connectivity index (χ3v) is 2.73. The summed E-state index contributed by atoms with van der Waals surface area (Å²) in [5.74, 6) is -1.23. The Balaban J connectivity index is 2.35. The summed E-state index contributed by atoms with van der Waals surface area (Å²) in [4.78, 5) is 23.3. The average Bonchev–Trinajstić information content (AvgIpc) is 2.47. The fourth-order valence-electron chi connectivity index (χ4n) is 1.74. The lowest BCUT2D eigenvalue weighted by Crippen LogP contribution is -2.16. The van der Waals surface area contributed by atoms with E-state index in [2.05, 4.69) is 5.32 Å². The van der Waals surface area contributed by atoms with Crippen molar-refractivity contribution in [1.29, 1.82) is 0 Å². The number of anilines is 1. The van der Waals surface area contributed by atoms with Gasteiger partial charge in [-0.15, -0.1) is 0 Å². The first-order valence-electron chi connectivity index (χ1n) is 5.89. The van der Waals surface area contributed by atoms with Gasteiger partial charge in [0.1, 0.15) is 5.75 Å². The zero-order valence-electron chi connectivity index (χ0n) is 10.8. The van der Waals surface area contributed by atoms with Gasteiger partial charge in [-0.2, -0.15) is 0 Å². The molecule has 2 aromatic carbocycles. The van der Waals surface area contributed by atoms with Gasteiger partial charge in [0.15, 0.2) is 0 Å². The van der Waals surface area contributed by atoms with E-state index in [0.717, 1.165) is 0 Å². The molecular formula is C15H13NO4. The summed E-state index contributed by atoms with van der Waals surface area (Å²) in [5.41, 5.74) is 0.580. The molecule has 2 rings (SSSR count). The van der Waals surface area contributed by atoms with E-state index in [1.165, 1.54) is 25.3 Å². The molecule has 5 nitrogen and oxygen atoms in total. The van der Waals surface area contributed by atoms with Gasteiger partial charge in [-0.3, -0.25) is 4.79 Å². The van der Waals surface area contributed by atoms with E-state index >= 15 is 0 Å². The largest absolute Gasteiger partial charge is 0.497 e. The monoisotopic (exact) mass is 271 g/mol. The van der Waals surface area contributed by atoms with E-state index in [-0.39, 0.29) is 11.1 Å². The summed E-state index contributed by atoms with van der Waals surface area (Å²) >= 11 is 0. The number of amides is 1. The molecule has 5 heteroatoms. The van der Waals surface area contributed by atoms with E-state index in [4.69, 9.17) is 9.84 Å². The number of carboxylic acid groups (broad SMARTS) is 1. The van der Waals surface area contributed by atoms with Gasteiger partial charge in [0.25, 0.3) is 5.91 Å².